The smallest absolute Gasteiger partial charge is 0.320 e. The third kappa shape index (κ3) is 2.54. The summed E-state index contributed by atoms with van der Waals surface area (Å²) in [5.41, 5.74) is 5.00. The second-order valence-electron chi connectivity index (χ2n) is 1.18. The van der Waals surface area contributed by atoms with E-state index < -0.39 is 12.0 Å². The molecule has 0 spiro atoms. The van der Waals surface area contributed by atoms with Crippen molar-refractivity contribution in [1.82, 2.24) is 0 Å². The van der Waals surface area contributed by atoms with E-state index in [1.54, 1.807) is 0 Å². The van der Waals surface area contributed by atoms with E-state index in [1.165, 1.54) is 0 Å². The fourth-order valence-electron chi connectivity index (χ4n) is 0.101. The Kier molecular flexibility index (Phi) is 2.88. The molecule has 0 aromatic rings. The average Bonchev–Trinajstić information content (AvgIpc) is 1.65. The van der Waals surface area contributed by atoms with Crippen LogP contribution in [0.1, 0.15) is 0 Å². The van der Waals surface area contributed by atoms with Crippen molar-refractivity contribution in [3.8, 4) is 0 Å². The van der Waals surface area contributed by atoms with Crippen molar-refractivity contribution in [1.29, 1.82) is 0 Å². The normalized spacial score (nSPS) is 13.4. The molecule has 0 aliphatic heterocycles. The lowest BCUT2D eigenvalue weighted by molar-refractivity contribution is -0.137. The number of carboxylic acid groups (broad SMARTS) is 1. The van der Waals surface area contributed by atoms with Crippen LogP contribution in [0.15, 0.2) is 0 Å². The number of aliphatic carboxylic acids is 1. The van der Waals surface area contributed by atoms with E-state index in [-0.39, 0.29) is 0 Å². The second kappa shape index (κ2) is 2.94. The van der Waals surface area contributed by atoms with Gasteiger partial charge in [0, 0.05) is 0 Å². The monoisotopic (exact) mass is 121 g/mol. The third-order valence-corrected chi connectivity index (χ3v) is 1.08. The van der Waals surface area contributed by atoms with E-state index >= 15 is 0 Å². The lowest BCUT2D eigenvalue weighted by Gasteiger charge is -1.97. The van der Waals surface area contributed by atoms with Crippen molar-refractivity contribution < 1.29 is 9.90 Å². The van der Waals surface area contributed by atoms with Gasteiger partial charge < -0.3 is 10.8 Å². The Balaban J connectivity index is 3.34. The summed E-state index contributed by atoms with van der Waals surface area (Å²) in [5, 5.41) is 8.04. The van der Waals surface area contributed by atoms with Gasteiger partial charge in [0.2, 0.25) is 0 Å². The molecule has 0 aromatic carbocycles. The second-order valence-corrected chi connectivity index (χ2v) is 1.65. The number of hydrogen-bond donors (Lipinski definition) is 2. The number of carboxylic acids is 1. The van der Waals surface area contributed by atoms with Crippen molar-refractivity contribution >= 4 is 15.2 Å². The van der Waals surface area contributed by atoms with Crippen LogP contribution >= 0.6 is 9.24 Å². The van der Waals surface area contributed by atoms with Gasteiger partial charge in [-0.1, -0.05) is 0 Å². The maximum Gasteiger partial charge on any atom is 0.320 e. The fraction of sp³-hybridized carbons (Fsp3) is 0.667. The molecule has 3 N–H and O–H groups in total. The van der Waals surface area contributed by atoms with Crippen LogP contribution < -0.4 is 5.73 Å². The molecule has 3 nitrogen and oxygen atoms in total. The molecule has 4 heteroatoms. The van der Waals surface area contributed by atoms with Gasteiger partial charge in [-0.15, -0.1) is 9.24 Å². The van der Waals surface area contributed by atoms with Crippen LogP contribution in [0, 0.1) is 0 Å². The lowest BCUT2D eigenvalue weighted by Crippen LogP contribution is -2.31. The quantitative estimate of drug-likeness (QED) is 0.473. The Labute approximate surface area is 44.1 Å². The molecule has 0 fully saturated rings. The van der Waals surface area contributed by atoms with Crippen molar-refractivity contribution in [3.05, 3.63) is 0 Å². The largest absolute Gasteiger partial charge is 0.480 e. The standard InChI is InChI=1S/C3H8NO2P/c4-2(1-7)3(5)6/h2H,1,4,7H2,(H,5,6). The van der Waals surface area contributed by atoms with Crippen LogP contribution in [0.3, 0.4) is 0 Å². The van der Waals surface area contributed by atoms with Crippen molar-refractivity contribution in [3.63, 3.8) is 0 Å². The highest BCUT2D eigenvalue weighted by atomic mass is 31.0. The van der Waals surface area contributed by atoms with E-state index in [4.69, 9.17) is 10.8 Å². The molecule has 0 bridgehead atoms. The van der Waals surface area contributed by atoms with Crippen LogP contribution in [0.5, 0.6) is 0 Å². The lowest BCUT2D eigenvalue weighted by atomic mass is 10.4. The zero-order chi connectivity index (χ0) is 5.86. The summed E-state index contributed by atoms with van der Waals surface area (Å²) in [6.07, 6.45) is 0.412. The van der Waals surface area contributed by atoms with Gasteiger partial charge in [0.15, 0.2) is 0 Å². The SMILES string of the molecule is NC(CP)C(=O)O. The highest BCUT2D eigenvalue weighted by Gasteiger charge is 2.05. The molecule has 0 saturated heterocycles. The molecule has 0 saturated carbocycles. The van der Waals surface area contributed by atoms with E-state index in [0.29, 0.717) is 6.16 Å². The number of carbonyl (C=O) groups is 1. The first-order chi connectivity index (χ1) is 3.18. The summed E-state index contributed by atoms with van der Waals surface area (Å²) in [7, 11) is 2.26. The molecular weight excluding hydrogens is 113 g/mol. The summed E-state index contributed by atoms with van der Waals surface area (Å²) < 4.78 is 0. The number of hydrogen-bond acceptors (Lipinski definition) is 2. The van der Waals surface area contributed by atoms with Crippen molar-refractivity contribution in [2.75, 3.05) is 6.16 Å². The highest BCUT2D eigenvalue weighted by Crippen LogP contribution is 1.84. The summed E-state index contributed by atoms with van der Waals surface area (Å²) in [6.45, 7) is 0. The maximum atomic E-state index is 9.79. The average molecular weight is 121 g/mol. The Morgan fingerprint density at radius 2 is 2.43 bits per heavy atom. The Bertz CT molecular complexity index is 75.3. The van der Waals surface area contributed by atoms with E-state index in [0.717, 1.165) is 0 Å². The molecule has 0 aliphatic carbocycles. The van der Waals surface area contributed by atoms with Crippen LogP contribution in [0.2, 0.25) is 0 Å². The third-order valence-electron chi connectivity index (χ3n) is 0.571. The molecule has 2 unspecified atom stereocenters. The highest BCUT2D eigenvalue weighted by molar-refractivity contribution is 7.16. The zero-order valence-electron chi connectivity index (χ0n) is 3.79. The van der Waals surface area contributed by atoms with Gasteiger partial charge in [0.25, 0.3) is 0 Å². The van der Waals surface area contributed by atoms with Gasteiger partial charge in [0.05, 0.1) is 0 Å². The van der Waals surface area contributed by atoms with Crippen LogP contribution in [0.4, 0.5) is 0 Å². The van der Waals surface area contributed by atoms with Crippen LogP contribution in [0.25, 0.3) is 0 Å². The minimum atomic E-state index is -0.949. The van der Waals surface area contributed by atoms with E-state index in [9.17, 15) is 4.79 Å². The molecule has 2 atom stereocenters. The van der Waals surface area contributed by atoms with E-state index in [1.807, 2.05) is 0 Å². The van der Waals surface area contributed by atoms with Gasteiger partial charge in [-0.2, -0.15) is 0 Å². The summed E-state index contributed by atoms with van der Waals surface area (Å²) in [5.74, 6) is -0.949. The minimum Gasteiger partial charge on any atom is -0.480 e. The Morgan fingerprint density at radius 3 is 2.43 bits per heavy atom. The number of rotatable bonds is 2. The summed E-state index contributed by atoms with van der Waals surface area (Å²) in [6, 6.07) is -0.718. The molecule has 0 aromatic heterocycles. The Hall–Kier alpha value is -0.140. The van der Waals surface area contributed by atoms with Gasteiger partial charge >= 0.3 is 5.97 Å². The number of nitrogens with two attached hydrogens (primary N) is 1. The molecule has 0 rings (SSSR count). The molecule has 0 radical (unpaired) electrons. The fourth-order valence-corrected chi connectivity index (χ4v) is 0.302. The molecule has 0 aliphatic rings. The van der Waals surface area contributed by atoms with Crippen LogP contribution in [-0.2, 0) is 4.79 Å². The first-order valence-electron chi connectivity index (χ1n) is 1.87. The van der Waals surface area contributed by atoms with Gasteiger partial charge in [0.1, 0.15) is 6.04 Å². The molecule has 7 heavy (non-hydrogen) atoms. The minimum absolute atomic E-state index is 0.412. The predicted octanol–water partition coefficient (Wildman–Crippen LogP) is -0.727. The maximum absolute atomic E-state index is 9.79. The van der Waals surface area contributed by atoms with Crippen molar-refractivity contribution in [2.24, 2.45) is 5.73 Å². The summed E-state index contributed by atoms with van der Waals surface area (Å²) in [4.78, 5) is 9.79. The zero-order valence-corrected chi connectivity index (χ0v) is 4.95. The molecule has 0 heterocycles. The van der Waals surface area contributed by atoms with Gasteiger partial charge in [-0.05, 0) is 6.16 Å². The van der Waals surface area contributed by atoms with E-state index in [2.05, 4.69) is 9.24 Å². The molecule has 0 amide bonds. The van der Waals surface area contributed by atoms with Gasteiger partial charge in [-0.3, -0.25) is 4.79 Å². The predicted molar refractivity (Wildman–Crippen MR) is 30.2 cm³/mol. The summed E-state index contributed by atoms with van der Waals surface area (Å²) >= 11 is 0. The van der Waals surface area contributed by atoms with Crippen molar-refractivity contribution in [2.45, 2.75) is 6.04 Å². The molecule has 42 valence electrons. The first-order valence-corrected chi connectivity index (χ1v) is 2.68. The van der Waals surface area contributed by atoms with Gasteiger partial charge in [-0.25, -0.2) is 0 Å². The molecular formula is C3H8NO2P. The van der Waals surface area contributed by atoms with Crippen LogP contribution in [-0.4, -0.2) is 23.3 Å². The Morgan fingerprint density at radius 1 is 2.00 bits per heavy atom. The first kappa shape index (κ1) is 6.86. The topological polar surface area (TPSA) is 63.3 Å².